The molecule has 2 rings (SSSR count). The number of hydrogen-bond acceptors (Lipinski definition) is 3. The van der Waals surface area contributed by atoms with E-state index >= 15 is 0 Å². The normalized spacial score (nSPS) is 18.2. The van der Waals surface area contributed by atoms with Gasteiger partial charge in [0.1, 0.15) is 5.75 Å². The molecule has 1 saturated carbocycles. The average Bonchev–Trinajstić information content (AvgIpc) is 2.68. The number of amides is 1. The summed E-state index contributed by atoms with van der Waals surface area (Å²) < 4.78 is 12.1. The lowest BCUT2D eigenvalue weighted by molar-refractivity contribution is -0.119. The molecule has 5 heteroatoms. The van der Waals surface area contributed by atoms with Crippen molar-refractivity contribution in [2.75, 3.05) is 11.5 Å². The van der Waals surface area contributed by atoms with Crippen molar-refractivity contribution in [1.82, 2.24) is 5.32 Å². The van der Waals surface area contributed by atoms with E-state index in [1.807, 2.05) is 0 Å². The summed E-state index contributed by atoms with van der Waals surface area (Å²) in [7, 11) is -1.30. The maximum Gasteiger partial charge on any atom is 0.233 e. The number of carbonyl (C=O) groups is 1. The third kappa shape index (κ3) is 4.63. The van der Waals surface area contributed by atoms with Crippen molar-refractivity contribution < 1.29 is 9.00 Å². The molecule has 0 aromatic heterocycles. The lowest BCUT2D eigenvalue weighted by Gasteiger charge is -2.16. The number of hydrogen-bond donors (Lipinski definition) is 2. The van der Waals surface area contributed by atoms with Gasteiger partial charge in [-0.25, -0.2) is 0 Å². The fraction of sp³-hybridized carbons (Fsp3) is 0.533. The van der Waals surface area contributed by atoms with Gasteiger partial charge in [-0.05, 0) is 37.1 Å². The summed E-state index contributed by atoms with van der Waals surface area (Å²) in [6.45, 7) is 0. The molecule has 0 bridgehead atoms. The highest BCUT2D eigenvalue weighted by Gasteiger charge is 2.16. The van der Waals surface area contributed by atoms with Crippen molar-refractivity contribution in [3.63, 3.8) is 0 Å². The zero-order valence-corrected chi connectivity index (χ0v) is 12.5. The first-order valence-corrected chi connectivity index (χ1v) is 8.50. The van der Waals surface area contributed by atoms with Crippen molar-refractivity contribution >= 4 is 22.4 Å². The van der Waals surface area contributed by atoms with Crippen LogP contribution in [-0.4, -0.2) is 21.9 Å². The molecule has 0 radical (unpaired) electrons. The predicted octanol–water partition coefficient (Wildman–Crippen LogP) is 2.22. The van der Waals surface area contributed by atoms with Crippen LogP contribution < -0.4 is 11.1 Å². The summed E-state index contributed by atoms with van der Waals surface area (Å²) in [6.07, 6.45) is 6.94. The van der Waals surface area contributed by atoms with Gasteiger partial charge in [0.15, 0.2) is 0 Å². The van der Waals surface area contributed by atoms with Gasteiger partial charge >= 0.3 is 0 Å². The molecule has 110 valence electrons. The highest BCUT2D eigenvalue weighted by molar-refractivity contribution is 7.85. The van der Waals surface area contributed by atoms with E-state index in [-0.39, 0.29) is 17.7 Å². The Morgan fingerprint density at radius 3 is 2.35 bits per heavy atom. The number of carbonyl (C=O) groups excluding carboxylic acids is 1. The van der Waals surface area contributed by atoms with Crippen molar-refractivity contribution in [3.8, 4) is 0 Å². The number of anilines is 1. The fourth-order valence-corrected chi connectivity index (χ4v) is 3.44. The second kappa shape index (κ2) is 7.43. The summed E-state index contributed by atoms with van der Waals surface area (Å²) in [5, 5.41) is 3.01. The predicted molar refractivity (Wildman–Crippen MR) is 81.8 cm³/mol. The van der Waals surface area contributed by atoms with E-state index in [1.165, 1.54) is 25.7 Å². The minimum Gasteiger partial charge on any atom is -0.399 e. The zero-order chi connectivity index (χ0) is 14.4. The first-order chi connectivity index (χ1) is 9.65. The van der Waals surface area contributed by atoms with Crippen LogP contribution in [0.25, 0.3) is 0 Å². The van der Waals surface area contributed by atoms with E-state index in [4.69, 9.17) is 5.73 Å². The van der Waals surface area contributed by atoms with Crippen LogP contribution in [0.15, 0.2) is 29.2 Å². The van der Waals surface area contributed by atoms with E-state index in [0.29, 0.717) is 10.6 Å². The molecule has 1 aliphatic rings. The van der Waals surface area contributed by atoms with Gasteiger partial charge in [0.25, 0.3) is 0 Å². The van der Waals surface area contributed by atoms with Crippen LogP contribution >= 0.6 is 0 Å². The molecule has 1 aromatic carbocycles. The maximum absolute atomic E-state index is 12.1. The van der Waals surface area contributed by atoms with E-state index in [1.54, 1.807) is 24.3 Å². The average molecular weight is 294 g/mol. The first kappa shape index (κ1) is 15.0. The second-order valence-corrected chi connectivity index (χ2v) is 6.77. The molecule has 20 heavy (non-hydrogen) atoms. The highest BCUT2D eigenvalue weighted by Crippen LogP contribution is 2.17. The number of rotatable bonds is 4. The smallest absolute Gasteiger partial charge is 0.233 e. The van der Waals surface area contributed by atoms with E-state index in [2.05, 4.69) is 5.32 Å². The minimum absolute atomic E-state index is 0.0282. The standard InChI is InChI=1S/C15H22N2O2S/c16-12-7-9-14(10-8-12)20(19)11-15(18)17-13-5-3-1-2-4-6-13/h7-10,13H,1-6,11,16H2,(H,17,18). The van der Waals surface area contributed by atoms with Crippen LogP contribution in [0.2, 0.25) is 0 Å². The monoisotopic (exact) mass is 294 g/mol. The second-order valence-electron chi connectivity index (χ2n) is 5.31. The van der Waals surface area contributed by atoms with Gasteiger partial charge in [0.05, 0.1) is 10.8 Å². The van der Waals surface area contributed by atoms with Crippen molar-refractivity contribution in [2.24, 2.45) is 0 Å². The Hall–Kier alpha value is -1.36. The summed E-state index contributed by atoms with van der Waals surface area (Å²) in [5.41, 5.74) is 6.22. The van der Waals surface area contributed by atoms with E-state index in [9.17, 15) is 9.00 Å². The molecule has 0 heterocycles. The number of benzene rings is 1. The van der Waals surface area contributed by atoms with Crippen LogP contribution in [0.1, 0.15) is 38.5 Å². The van der Waals surface area contributed by atoms with E-state index < -0.39 is 10.8 Å². The molecule has 0 spiro atoms. The first-order valence-electron chi connectivity index (χ1n) is 7.18. The molecule has 1 amide bonds. The van der Waals surface area contributed by atoms with Crippen LogP contribution in [-0.2, 0) is 15.6 Å². The minimum atomic E-state index is -1.30. The molecule has 1 fully saturated rings. The van der Waals surface area contributed by atoms with Crippen molar-refractivity contribution in [3.05, 3.63) is 24.3 Å². The van der Waals surface area contributed by atoms with Gasteiger partial charge in [0.2, 0.25) is 5.91 Å². The maximum atomic E-state index is 12.1. The third-order valence-electron chi connectivity index (χ3n) is 3.63. The van der Waals surface area contributed by atoms with Gasteiger partial charge in [-0.3, -0.25) is 9.00 Å². The molecular formula is C15H22N2O2S. The largest absolute Gasteiger partial charge is 0.399 e. The van der Waals surface area contributed by atoms with Gasteiger partial charge in [-0.15, -0.1) is 0 Å². The Labute approximate surface area is 122 Å². The van der Waals surface area contributed by atoms with Gasteiger partial charge in [-0.2, -0.15) is 0 Å². The van der Waals surface area contributed by atoms with E-state index in [0.717, 1.165) is 12.8 Å². The number of nitrogens with two attached hydrogens (primary N) is 1. The number of nitrogens with one attached hydrogen (secondary N) is 1. The Kier molecular flexibility index (Phi) is 5.59. The lowest BCUT2D eigenvalue weighted by Crippen LogP contribution is -2.37. The Balaban J connectivity index is 1.84. The van der Waals surface area contributed by atoms with Crippen molar-refractivity contribution in [2.45, 2.75) is 49.5 Å². The van der Waals surface area contributed by atoms with Crippen LogP contribution in [0.5, 0.6) is 0 Å². The van der Waals surface area contributed by atoms with Crippen LogP contribution in [0.4, 0.5) is 5.69 Å². The van der Waals surface area contributed by atoms with Crippen LogP contribution in [0, 0.1) is 0 Å². The lowest BCUT2D eigenvalue weighted by atomic mass is 10.1. The Morgan fingerprint density at radius 1 is 1.15 bits per heavy atom. The van der Waals surface area contributed by atoms with Gasteiger partial charge in [0, 0.05) is 16.6 Å². The SMILES string of the molecule is Nc1ccc(S(=O)CC(=O)NC2CCCCCC2)cc1. The molecule has 0 saturated heterocycles. The summed E-state index contributed by atoms with van der Waals surface area (Å²) in [4.78, 5) is 12.6. The topological polar surface area (TPSA) is 72.2 Å². The van der Waals surface area contributed by atoms with Gasteiger partial charge in [-0.1, -0.05) is 25.7 Å². The third-order valence-corrected chi connectivity index (χ3v) is 4.95. The molecule has 1 atom stereocenters. The number of nitrogen functional groups attached to an aromatic ring is 1. The Morgan fingerprint density at radius 2 is 1.75 bits per heavy atom. The molecule has 0 aliphatic heterocycles. The molecule has 4 nitrogen and oxygen atoms in total. The molecule has 1 aliphatic carbocycles. The quantitative estimate of drug-likeness (QED) is 0.660. The summed E-state index contributed by atoms with van der Waals surface area (Å²) in [5.74, 6) is -0.0903. The van der Waals surface area contributed by atoms with Gasteiger partial charge < -0.3 is 11.1 Å². The molecular weight excluding hydrogens is 272 g/mol. The highest BCUT2D eigenvalue weighted by atomic mass is 32.2. The molecule has 1 unspecified atom stereocenters. The fourth-order valence-electron chi connectivity index (χ4n) is 2.52. The van der Waals surface area contributed by atoms with Crippen LogP contribution in [0.3, 0.4) is 0 Å². The zero-order valence-electron chi connectivity index (χ0n) is 11.6. The van der Waals surface area contributed by atoms with Crippen molar-refractivity contribution in [1.29, 1.82) is 0 Å². The Bertz CT molecular complexity index is 465. The molecule has 3 N–H and O–H groups in total. The summed E-state index contributed by atoms with van der Waals surface area (Å²) >= 11 is 0. The summed E-state index contributed by atoms with van der Waals surface area (Å²) in [6, 6.07) is 7.09. The molecule has 1 aromatic rings.